The normalized spacial score (nSPS) is 13.9. The number of benzene rings is 2. The van der Waals surface area contributed by atoms with E-state index in [4.69, 9.17) is 10.8 Å². The molecule has 2 nitrogen and oxygen atoms in total. The van der Waals surface area contributed by atoms with Crippen molar-refractivity contribution < 1.29 is 9.53 Å². The van der Waals surface area contributed by atoms with Crippen molar-refractivity contribution in [3.63, 3.8) is 0 Å². The lowest BCUT2D eigenvalue weighted by atomic mass is 10.2. The van der Waals surface area contributed by atoms with E-state index in [0.29, 0.717) is 0 Å². The molecule has 2 aromatic rings. The zero-order valence-electron chi connectivity index (χ0n) is 16.1. The van der Waals surface area contributed by atoms with Crippen LogP contribution in [0.15, 0.2) is 72.3 Å². The molecule has 1 unspecified atom stereocenters. The van der Waals surface area contributed by atoms with Crippen LogP contribution in [0.5, 0.6) is 0 Å². The third-order valence-corrected chi connectivity index (χ3v) is 9.72. The minimum absolute atomic E-state index is 0.112. The van der Waals surface area contributed by atoms with Gasteiger partial charge in [0.15, 0.2) is 0 Å². The molecule has 0 aliphatic rings. The highest BCUT2D eigenvalue weighted by Gasteiger charge is 2.50. The molecule has 0 aliphatic carbocycles. The van der Waals surface area contributed by atoms with Crippen LogP contribution in [0.25, 0.3) is 0 Å². The van der Waals surface area contributed by atoms with E-state index in [1.165, 1.54) is 10.4 Å². The number of hydrogen-bond donors (Lipinski definition) is 1. The first-order valence-electron chi connectivity index (χ1n) is 8.89. The van der Waals surface area contributed by atoms with Crippen LogP contribution >= 0.6 is 0 Å². The number of hydrogen-bond acceptors (Lipinski definition) is 2. The molecule has 136 valence electrons. The van der Waals surface area contributed by atoms with E-state index in [1.807, 2.05) is 19.1 Å². The van der Waals surface area contributed by atoms with Crippen molar-refractivity contribution in [1.29, 1.82) is 0 Å². The minimum Gasteiger partial charge on any atom is -0.404 e. The first-order chi connectivity index (χ1) is 12.3. The van der Waals surface area contributed by atoms with Gasteiger partial charge in [0.2, 0.25) is 0 Å². The molecule has 0 fully saturated rings. The number of aliphatic hydroxyl groups excluding tert-OH is 1. The van der Waals surface area contributed by atoms with Crippen molar-refractivity contribution in [3.05, 3.63) is 72.3 Å². The third-order valence-electron chi connectivity index (χ3n) is 4.71. The van der Waals surface area contributed by atoms with Crippen LogP contribution in [0.4, 0.5) is 0 Å². The average molecular weight is 365 g/mol. The first-order valence-corrected chi connectivity index (χ1v) is 10.8. The van der Waals surface area contributed by atoms with Gasteiger partial charge in [-0.3, -0.25) is 0 Å². The van der Waals surface area contributed by atoms with Gasteiger partial charge in [0.25, 0.3) is 8.32 Å². The molecule has 2 rings (SSSR count). The molecule has 0 aromatic heterocycles. The standard InChI is InChI=1S/C23H28O2Si/c1-6-13-19(2)22(24)18-25-26(23(3,4)5,20-14-9-7-10-15-20)21-16-11-8-12-17-21/h1,7-17,22,24H,18H2,2-5H3/b19-13-. The van der Waals surface area contributed by atoms with Gasteiger partial charge in [0.05, 0.1) is 12.7 Å². The second-order valence-corrected chi connectivity index (χ2v) is 11.9. The Labute approximate surface area is 158 Å². The van der Waals surface area contributed by atoms with Gasteiger partial charge in [-0.05, 0) is 34.0 Å². The fraction of sp³-hybridized carbons (Fsp3) is 0.304. The molecule has 0 amide bonds. The highest BCUT2D eigenvalue weighted by atomic mass is 28.4. The van der Waals surface area contributed by atoms with Crippen LogP contribution in [0, 0.1) is 12.3 Å². The Morgan fingerprint density at radius 2 is 1.54 bits per heavy atom. The molecule has 1 N–H and O–H groups in total. The monoisotopic (exact) mass is 364 g/mol. The summed E-state index contributed by atoms with van der Waals surface area (Å²) in [6.07, 6.45) is 6.21. The van der Waals surface area contributed by atoms with Gasteiger partial charge in [-0.1, -0.05) is 87.4 Å². The van der Waals surface area contributed by atoms with E-state index in [9.17, 15) is 5.11 Å². The smallest absolute Gasteiger partial charge is 0.261 e. The third kappa shape index (κ3) is 4.16. The molecule has 1 atom stereocenters. The van der Waals surface area contributed by atoms with Crippen LogP contribution in [-0.2, 0) is 4.43 Å². The topological polar surface area (TPSA) is 29.5 Å². The molecule has 2 aromatic carbocycles. The van der Waals surface area contributed by atoms with E-state index < -0.39 is 14.4 Å². The predicted molar refractivity (Wildman–Crippen MR) is 112 cm³/mol. The average Bonchev–Trinajstić information content (AvgIpc) is 2.63. The van der Waals surface area contributed by atoms with E-state index in [0.717, 1.165) is 5.57 Å². The molecule has 0 bridgehead atoms. The highest BCUT2D eigenvalue weighted by molar-refractivity contribution is 6.99. The fourth-order valence-electron chi connectivity index (χ4n) is 3.32. The number of allylic oxidation sites excluding steroid dienone is 1. The van der Waals surface area contributed by atoms with Gasteiger partial charge >= 0.3 is 0 Å². The molecule has 0 aliphatic heterocycles. The lowest BCUT2D eigenvalue weighted by Gasteiger charge is -2.43. The maximum Gasteiger partial charge on any atom is 0.261 e. The summed E-state index contributed by atoms with van der Waals surface area (Å²) in [5.74, 6) is 2.47. The van der Waals surface area contributed by atoms with Gasteiger partial charge < -0.3 is 9.53 Å². The van der Waals surface area contributed by atoms with Crippen LogP contribution in [0.3, 0.4) is 0 Å². The summed E-state index contributed by atoms with van der Waals surface area (Å²) in [6.45, 7) is 8.71. The van der Waals surface area contributed by atoms with Gasteiger partial charge in [-0.15, -0.1) is 6.42 Å². The van der Waals surface area contributed by atoms with Gasteiger partial charge in [-0.25, -0.2) is 0 Å². The van der Waals surface area contributed by atoms with Crippen LogP contribution in [0.1, 0.15) is 27.7 Å². The molecule has 0 heterocycles. The summed E-state index contributed by atoms with van der Waals surface area (Å²) in [7, 11) is -2.62. The highest BCUT2D eigenvalue weighted by Crippen LogP contribution is 2.36. The van der Waals surface area contributed by atoms with Crippen LogP contribution < -0.4 is 10.4 Å². The van der Waals surface area contributed by atoms with E-state index in [-0.39, 0.29) is 11.6 Å². The molecule has 0 saturated heterocycles. The number of terminal acetylenes is 1. The Balaban J connectivity index is 2.54. The van der Waals surface area contributed by atoms with E-state index >= 15 is 0 Å². The molecule has 0 radical (unpaired) electrons. The summed E-state index contributed by atoms with van der Waals surface area (Å²) in [4.78, 5) is 0. The second kappa shape index (κ2) is 8.51. The van der Waals surface area contributed by atoms with Gasteiger partial charge in [-0.2, -0.15) is 0 Å². The summed E-state index contributed by atoms with van der Waals surface area (Å²) in [5.41, 5.74) is 0.741. The zero-order valence-corrected chi connectivity index (χ0v) is 17.1. The predicted octanol–water partition coefficient (Wildman–Crippen LogP) is 3.50. The van der Waals surface area contributed by atoms with Gasteiger partial charge in [0.1, 0.15) is 0 Å². The summed E-state index contributed by atoms with van der Waals surface area (Å²) in [6, 6.07) is 20.8. The molecular formula is C23H28O2Si. The molecule has 3 heteroatoms. The maximum absolute atomic E-state index is 10.5. The Hall–Kier alpha value is -2.12. The lowest BCUT2D eigenvalue weighted by molar-refractivity contribution is 0.129. The SMILES string of the molecule is C#C/C=C(/C)C(O)CO[Si](c1ccccc1)(c1ccccc1)C(C)(C)C. The van der Waals surface area contributed by atoms with Crippen molar-refractivity contribution in [2.24, 2.45) is 0 Å². The lowest BCUT2D eigenvalue weighted by Crippen LogP contribution is -2.67. The van der Waals surface area contributed by atoms with Crippen molar-refractivity contribution >= 4 is 18.7 Å². The molecule has 0 saturated carbocycles. The minimum atomic E-state index is -2.62. The van der Waals surface area contributed by atoms with E-state index in [2.05, 4.69) is 75.2 Å². The van der Waals surface area contributed by atoms with Crippen LogP contribution in [-0.4, -0.2) is 26.1 Å². The fourth-order valence-corrected chi connectivity index (χ4v) is 7.89. The quantitative estimate of drug-likeness (QED) is 0.628. The molecule has 26 heavy (non-hydrogen) atoms. The number of rotatable bonds is 6. The van der Waals surface area contributed by atoms with Crippen LogP contribution in [0.2, 0.25) is 5.04 Å². The number of aliphatic hydroxyl groups is 1. The summed E-state index contributed by atoms with van der Waals surface area (Å²) in [5, 5.41) is 12.8. The maximum atomic E-state index is 10.5. The largest absolute Gasteiger partial charge is 0.404 e. The molecular weight excluding hydrogens is 336 g/mol. The Kier molecular flexibility index (Phi) is 6.61. The second-order valence-electron chi connectivity index (χ2n) is 7.55. The summed E-state index contributed by atoms with van der Waals surface area (Å²) < 4.78 is 6.68. The van der Waals surface area contributed by atoms with Crippen molar-refractivity contribution in [1.82, 2.24) is 0 Å². The molecule has 0 spiro atoms. The van der Waals surface area contributed by atoms with Crippen molar-refractivity contribution in [3.8, 4) is 12.3 Å². The summed E-state index contributed by atoms with van der Waals surface area (Å²) >= 11 is 0. The van der Waals surface area contributed by atoms with Crippen molar-refractivity contribution in [2.45, 2.75) is 38.8 Å². The Morgan fingerprint density at radius 1 is 1.08 bits per heavy atom. The first kappa shape index (κ1) is 20.2. The zero-order chi connectivity index (χ0) is 19.2. The Morgan fingerprint density at radius 3 is 1.92 bits per heavy atom. The Bertz CT molecular complexity index is 728. The van der Waals surface area contributed by atoms with E-state index in [1.54, 1.807) is 6.08 Å². The van der Waals surface area contributed by atoms with Crippen molar-refractivity contribution in [2.75, 3.05) is 6.61 Å². The van der Waals surface area contributed by atoms with Gasteiger partial charge in [0, 0.05) is 0 Å².